The topological polar surface area (TPSA) is 26.3 Å². The minimum atomic E-state index is 0.0106. The molecule has 0 aliphatic carbocycles. The number of hydrogen-bond donors (Lipinski definition) is 0. The Bertz CT molecular complexity index is 946. The number of aryl methyl sites for hydroxylation is 1. The Labute approximate surface area is 162 Å². The molecule has 1 atom stereocenters. The van der Waals surface area contributed by atoms with E-state index in [-0.39, 0.29) is 17.8 Å². The summed E-state index contributed by atoms with van der Waals surface area (Å²) in [6, 6.07) is 20.1. The lowest BCUT2D eigenvalue weighted by atomic mass is 9.78. The lowest BCUT2D eigenvalue weighted by molar-refractivity contribution is 0.0922. The molecule has 1 unspecified atom stereocenters. The minimum absolute atomic E-state index is 0.0106. The Morgan fingerprint density at radius 3 is 2.30 bits per heavy atom. The van der Waals surface area contributed by atoms with Gasteiger partial charge < -0.3 is 4.74 Å². The Balaban J connectivity index is 1.74. The van der Waals surface area contributed by atoms with Gasteiger partial charge in [-0.15, -0.1) is 0 Å². The zero-order chi connectivity index (χ0) is 19.6. The summed E-state index contributed by atoms with van der Waals surface area (Å²) in [7, 11) is 0. The number of ketones is 1. The molecular weight excluding hydrogens is 332 g/mol. The second-order valence-corrected chi connectivity index (χ2v) is 8.35. The van der Waals surface area contributed by atoms with Crippen LogP contribution < -0.4 is 4.74 Å². The Morgan fingerprint density at radius 2 is 1.63 bits per heavy atom. The highest BCUT2D eigenvalue weighted by Gasteiger charge is 2.21. The third-order valence-electron chi connectivity index (χ3n) is 5.47. The molecule has 2 nitrogen and oxygen atoms in total. The summed E-state index contributed by atoms with van der Waals surface area (Å²) in [5.41, 5.74) is 3.23. The van der Waals surface area contributed by atoms with E-state index in [9.17, 15) is 4.79 Å². The first-order valence-corrected chi connectivity index (χ1v) is 9.51. The first kappa shape index (κ1) is 19.2. The predicted octanol–water partition coefficient (Wildman–Crippen LogP) is 6.56. The molecule has 2 heteroatoms. The Morgan fingerprint density at radius 1 is 0.963 bits per heavy atom. The molecule has 27 heavy (non-hydrogen) atoms. The first-order valence-electron chi connectivity index (χ1n) is 9.51. The fraction of sp³-hybridized carbons (Fsp3) is 0.320. The standard InChI is InChI=1S/C25H28O2/c1-17-10-11-20-8-6-7-9-22(20)24(17)23(26)16-27-21-14-12-19(13-15-21)18(2)25(3,4)5/h6-15,18H,16H2,1-5H3. The van der Waals surface area contributed by atoms with Gasteiger partial charge in [0.2, 0.25) is 5.78 Å². The number of fused-ring (bicyclic) bond motifs is 1. The van der Waals surface area contributed by atoms with Gasteiger partial charge in [0, 0.05) is 5.56 Å². The maximum absolute atomic E-state index is 12.8. The Hall–Kier alpha value is -2.61. The van der Waals surface area contributed by atoms with E-state index in [1.807, 2.05) is 49.4 Å². The van der Waals surface area contributed by atoms with Crippen molar-refractivity contribution >= 4 is 16.6 Å². The van der Waals surface area contributed by atoms with Crippen LogP contribution in [0.5, 0.6) is 5.75 Å². The summed E-state index contributed by atoms with van der Waals surface area (Å²) in [4.78, 5) is 12.8. The summed E-state index contributed by atoms with van der Waals surface area (Å²) >= 11 is 0. The molecule has 0 fully saturated rings. The highest BCUT2D eigenvalue weighted by molar-refractivity contribution is 6.10. The van der Waals surface area contributed by atoms with Gasteiger partial charge >= 0.3 is 0 Å². The van der Waals surface area contributed by atoms with Gasteiger partial charge in [-0.1, -0.05) is 76.2 Å². The summed E-state index contributed by atoms with van der Waals surface area (Å²) in [6.45, 7) is 11.0. The fourth-order valence-electron chi connectivity index (χ4n) is 3.32. The molecule has 0 saturated carbocycles. The number of benzene rings is 3. The second-order valence-electron chi connectivity index (χ2n) is 8.35. The van der Waals surface area contributed by atoms with Crippen LogP contribution in [0, 0.1) is 12.3 Å². The maximum atomic E-state index is 12.8. The summed E-state index contributed by atoms with van der Waals surface area (Å²) < 4.78 is 5.80. The van der Waals surface area contributed by atoms with Crippen molar-refractivity contribution < 1.29 is 9.53 Å². The van der Waals surface area contributed by atoms with Crippen molar-refractivity contribution in [3.63, 3.8) is 0 Å². The van der Waals surface area contributed by atoms with Crippen LogP contribution in [0.3, 0.4) is 0 Å². The van der Waals surface area contributed by atoms with E-state index in [0.717, 1.165) is 27.6 Å². The minimum Gasteiger partial charge on any atom is -0.485 e. The first-order chi connectivity index (χ1) is 12.8. The van der Waals surface area contributed by atoms with Crippen molar-refractivity contribution in [2.45, 2.75) is 40.5 Å². The number of hydrogen-bond acceptors (Lipinski definition) is 2. The van der Waals surface area contributed by atoms with E-state index in [4.69, 9.17) is 4.74 Å². The zero-order valence-corrected chi connectivity index (χ0v) is 16.9. The van der Waals surface area contributed by atoms with Gasteiger partial charge in [0.1, 0.15) is 5.75 Å². The number of carbonyl (C=O) groups is 1. The number of Topliss-reactive ketones (excluding diaryl/α,β-unsaturated/α-hetero) is 1. The van der Waals surface area contributed by atoms with Crippen molar-refractivity contribution in [1.29, 1.82) is 0 Å². The molecule has 0 heterocycles. The molecule has 3 rings (SSSR count). The average molecular weight is 360 g/mol. The lowest BCUT2D eigenvalue weighted by Crippen LogP contribution is -2.15. The van der Waals surface area contributed by atoms with Crippen LogP contribution in [-0.4, -0.2) is 12.4 Å². The molecule has 0 saturated heterocycles. The molecule has 0 aliphatic heterocycles. The van der Waals surface area contributed by atoms with Crippen LogP contribution in [0.4, 0.5) is 0 Å². The number of ether oxygens (including phenoxy) is 1. The van der Waals surface area contributed by atoms with E-state index in [1.165, 1.54) is 5.56 Å². The quantitative estimate of drug-likeness (QED) is 0.482. The average Bonchev–Trinajstić information content (AvgIpc) is 2.65. The van der Waals surface area contributed by atoms with Crippen molar-refractivity contribution in [1.82, 2.24) is 0 Å². The Kier molecular flexibility index (Phi) is 5.36. The highest BCUT2D eigenvalue weighted by Crippen LogP contribution is 2.35. The summed E-state index contributed by atoms with van der Waals surface area (Å²) in [5, 5.41) is 2.06. The van der Waals surface area contributed by atoms with Gasteiger partial charge in [-0.25, -0.2) is 0 Å². The molecule has 0 bridgehead atoms. The van der Waals surface area contributed by atoms with E-state index in [2.05, 4.69) is 45.9 Å². The molecule has 0 spiro atoms. The van der Waals surface area contributed by atoms with Crippen molar-refractivity contribution in [2.75, 3.05) is 6.61 Å². The monoisotopic (exact) mass is 360 g/mol. The highest BCUT2D eigenvalue weighted by atomic mass is 16.5. The third-order valence-corrected chi connectivity index (χ3v) is 5.47. The number of carbonyl (C=O) groups excluding carboxylic acids is 1. The SMILES string of the molecule is Cc1ccc2ccccc2c1C(=O)COc1ccc(C(C)C(C)(C)C)cc1. The summed E-state index contributed by atoms with van der Waals surface area (Å²) in [6.07, 6.45) is 0. The van der Waals surface area contributed by atoms with E-state index in [0.29, 0.717) is 5.92 Å². The van der Waals surface area contributed by atoms with Crippen LogP contribution in [0.15, 0.2) is 60.7 Å². The lowest BCUT2D eigenvalue weighted by Gasteiger charge is -2.27. The second kappa shape index (κ2) is 7.56. The van der Waals surface area contributed by atoms with Gasteiger partial charge in [-0.05, 0) is 52.3 Å². The normalized spacial score (nSPS) is 12.8. The van der Waals surface area contributed by atoms with Gasteiger partial charge in [-0.3, -0.25) is 4.79 Å². The molecule has 0 amide bonds. The van der Waals surface area contributed by atoms with Crippen molar-refractivity contribution in [3.8, 4) is 5.75 Å². The molecule has 140 valence electrons. The fourth-order valence-corrected chi connectivity index (χ4v) is 3.32. The van der Waals surface area contributed by atoms with Crippen molar-refractivity contribution in [2.24, 2.45) is 5.41 Å². The van der Waals surface area contributed by atoms with Crippen LogP contribution in [0.1, 0.15) is 55.1 Å². The zero-order valence-electron chi connectivity index (χ0n) is 16.9. The molecule has 3 aromatic carbocycles. The third kappa shape index (κ3) is 4.21. The van der Waals surface area contributed by atoms with E-state index in [1.54, 1.807) is 0 Å². The molecular formula is C25H28O2. The van der Waals surface area contributed by atoms with Gasteiger partial charge in [0.05, 0.1) is 0 Å². The van der Waals surface area contributed by atoms with Crippen LogP contribution in [0.2, 0.25) is 0 Å². The largest absolute Gasteiger partial charge is 0.485 e. The maximum Gasteiger partial charge on any atom is 0.201 e. The van der Waals surface area contributed by atoms with Gasteiger partial charge in [-0.2, -0.15) is 0 Å². The van der Waals surface area contributed by atoms with Crippen LogP contribution in [-0.2, 0) is 0 Å². The molecule has 0 aliphatic rings. The van der Waals surface area contributed by atoms with E-state index < -0.39 is 0 Å². The van der Waals surface area contributed by atoms with Gasteiger partial charge in [0.25, 0.3) is 0 Å². The van der Waals surface area contributed by atoms with Crippen LogP contribution in [0.25, 0.3) is 10.8 Å². The molecule has 0 aromatic heterocycles. The molecule has 0 radical (unpaired) electrons. The van der Waals surface area contributed by atoms with Crippen LogP contribution >= 0.6 is 0 Å². The molecule has 0 N–H and O–H groups in total. The predicted molar refractivity (Wildman–Crippen MR) is 113 cm³/mol. The molecule has 3 aromatic rings. The van der Waals surface area contributed by atoms with Gasteiger partial charge in [0.15, 0.2) is 6.61 Å². The van der Waals surface area contributed by atoms with E-state index >= 15 is 0 Å². The number of rotatable bonds is 5. The summed E-state index contributed by atoms with van der Waals surface area (Å²) in [5.74, 6) is 1.19. The van der Waals surface area contributed by atoms with Crippen molar-refractivity contribution in [3.05, 3.63) is 77.4 Å². The smallest absolute Gasteiger partial charge is 0.201 e.